The predicted octanol–water partition coefficient (Wildman–Crippen LogP) is 5.03. The summed E-state index contributed by atoms with van der Waals surface area (Å²) < 4.78 is 46.1. The quantitative estimate of drug-likeness (QED) is 0.331. The molecule has 0 spiro atoms. The van der Waals surface area contributed by atoms with Gasteiger partial charge in [0, 0.05) is 36.8 Å². The molecule has 1 fully saturated rings. The first-order valence-corrected chi connectivity index (χ1v) is 12.9. The highest BCUT2D eigenvalue weighted by molar-refractivity contribution is 5.84. The Kier molecular flexibility index (Phi) is 9.26. The Hall–Kier alpha value is -3.12. The third-order valence-corrected chi connectivity index (χ3v) is 7.50. The molecule has 0 radical (unpaired) electrons. The van der Waals surface area contributed by atoms with Crippen molar-refractivity contribution < 1.29 is 23.0 Å². The van der Waals surface area contributed by atoms with Crippen LogP contribution in [0.5, 0.6) is 5.75 Å². The smallest absolute Gasteiger partial charge is 0.174 e. The fourth-order valence-electron chi connectivity index (χ4n) is 5.41. The molecule has 0 saturated carbocycles. The van der Waals surface area contributed by atoms with Crippen molar-refractivity contribution in [2.75, 3.05) is 47.4 Å². The van der Waals surface area contributed by atoms with Gasteiger partial charge in [0.25, 0.3) is 0 Å². The number of nitrogens with zero attached hydrogens (tertiary/aromatic N) is 3. The van der Waals surface area contributed by atoms with Crippen LogP contribution >= 0.6 is 0 Å². The van der Waals surface area contributed by atoms with Crippen LogP contribution in [-0.4, -0.2) is 67.3 Å². The van der Waals surface area contributed by atoms with Crippen molar-refractivity contribution >= 4 is 10.9 Å². The zero-order valence-electron chi connectivity index (χ0n) is 22.1. The first-order chi connectivity index (χ1) is 18.3. The molecule has 1 N–H and O–H groups in total. The average Bonchev–Trinajstić information content (AvgIpc) is 2.91. The monoisotopic (exact) mass is 525 g/mol. The number of hydrogen-bond acceptors (Lipinski definition) is 5. The van der Waals surface area contributed by atoms with Gasteiger partial charge >= 0.3 is 0 Å². The summed E-state index contributed by atoms with van der Waals surface area (Å²) in [7, 11) is 5.82. The third-order valence-electron chi connectivity index (χ3n) is 7.50. The maximum Gasteiger partial charge on any atom is 0.174 e. The Morgan fingerprint density at radius 1 is 1.16 bits per heavy atom. The third kappa shape index (κ3) is 6.47. The van der Waals surface area contributed by atoms with Crippen LogP contribution in [0.3, 0.4) is 0 Å². The largest absolute Gasteiger partial charge is 0.497 e. The minimum atomic E-state index is -1.25. The Morgan fingerprint density at radius 2 is 1.97 bits per heavy atom. The Bertz CT molecular complexity index is 1320. The van der Waals surface area contributed by atoms with Crippen molar-refractivity contribution in [3.63, 3.8) is 0 Å². The van der Waals surface area contributed by atoms with Crippen molar-refractivity contribution in [1.29, 1.82) is 0 Å². The van der Waals surface area contributed by atoms with Crippen LogP contribution < -0.4 is 4.74 Å². The molecule has 38 heavy (non-hydrogen) atoms. The van der Waals surface area contributed by atoms with Gasteiger partial charge in [0.05, 0.1) is 24.7 Å². The number of ether oxygens (including phenoxy) is 1. The molecule has 2 heterocycles. The highest BCUT2D eigenvalue weighted by atomic mass is 19.2. The second kappa shape index (κ2) is 12.6. The number of likely N-dealkylation sites (tertiary alicyclic amines) is 1. The van der Waals surface area contributed by atoms with Crippen LogP contribution in [0.25, 0.3) is 10.9 Å². The molecular formula is C30H34F3N3O2. The fraction of sp³-hybridized carbons (Fsp3) is 0.433. The van der Waals surface area contributed by atoms with Gasteiger partial charge in [-0.2, -0.15) is 0 Å². The Morgan fingerprint density at radius 3 is 2.71 bits per heavy atom. The lowest BCUT2D eigenvalue weighted by molar-refractivity contribution is 0.0707. The van der Waals surface area contributed by atoms with Crippen LogP contribution in [0.1, 0.15) is 36.4 Å². The van der Waals surface area contributed by atoms with Gasteiger partial charge in [-0.15, -0.1) is 0 Å². The van der Waals surface area contributed by atoms with Crippen molar-refractivity contribution in [2.45, 2.75) is 25.3 Å². The van der Waals surface area contributed by atoms with Gasteiger partial charge < -0.3 is 14.7 Å². The van der Waals surface area contributed by atoms with E-state index >= 15 is 0 Å². The van der Waals surface area contributed by atoms with Gasteiger partial charge in [0.2, 0.25) is 0 Å². The zero-order valence-corrected chi connectivity index (χ0v) is 22.1. The molecule has 8 heteroatoms. The number of pyridine rings is 1. The van der Waals surface area contributed by atoms with Crippen LogP contribution in [-0.2, 0) is 0 Å². The minimum Gasteiger partial charge on any atom is -0.497 e. The molecule has 202 valence electrons. The summed E-state index contributed by atoms with van der Waals surface area (Å²) in [5, 5.41) is 11.2. The van der Waals surface area contributed by atoms with Crippen LogP contribution in [0.4, 0.5) is 13.2 Å². The molecule has 0 aliphatic carbocycles. The number of halogens is 3. The summed E-state index contributed by atoms with van der Waals surface area (Å²) >= 11 is 0. The van der Waals surface area contributed by atoms with E-state index in [1.54, 1.807) is 7.11 Å². The van der Waals surface area contributed by atoms with E-state index in [2.05, 4.69) is 46.8 Å². The normalized spacial score (nSPS) is 18.8. The van der Waals surface area contributed by atoms with Crippen LogP contribution in [0.2, 0.25) is 0 Å². The van der Waals surface area contributed by atoms with Gasteiger partial charge in [-0.3, -0.25) is 9.88 Å². The number of aliphatic hydroxyl groups is 1. The number of aromatic nitrogens is 1. The summed E-state index contributed by atoms with van der Waals surface area (Å²) in [4.78, 5) is 8.84. The average molecular weight is 526 g/mol. The van der Waals surface area contributed by atoms with Crippen molar-refractivity contribution in [1.82, 2.24) is 14.8 Å². The summed E-state index contributed by atoms with van der Waals surface area (Å²) in [5.41, 5.74) is 1.85. The number of benzene rings is 2. The van der Waals surface area contributed by atoms with E-state index in [0.717, 1.165) is 48.5 Å². The maximum atomic E-state index is 13.9. The van der Waals surface area contributed by atoms with Gasteiger partial charge in [-0.05, 0) is 87.6 Å². The molecule has 0 bridgehead atoms. The molecule has 3 atom stereocenters. The molecule has 0 unspecified atom stereocenters. The lowest BCUT2D eigenvalue weighted by atomic mass is 9.81. The molecule has 5 nitrogen and oxygen atoms in total. The molecule has 4 rings (SSSR count). The number of hydrogen-bond donors (Lipinski definition) is 1. The topological polar surface area (TPSA) is 48.8 Å². The molecule has 2 aromatic carbocycles. The van der Waals surface area contributed by atoms with Crippen molar-refractivity contribution in [3.8, 4) is 17.6 Å². The van der Waals surface area contributed by atoms with Crippen molar-refractivity contribution in [3.05, 3.63) is 71.2 Å². The van der Waals surface area contributed by atoms with Crippen LogP contribution in [0, 0.1) is 41.1 Å². The number of aliphatic hydroxyl groups excluding tert-OH is 1. The highest BCUT2D eigenvalue weighted by Gasteiger charge is 2.29. The fourth-order valence-corrected chi connectivity index (χ4v) is 5.41. The standard InChI is InChI=1S/C30H34F3N3O2/c1-35(2)29(25-10-12-34-28-8-7-24(38-3)17-26(25)28)9-6-20-11-14-36(18-22(20)19-37)13-4-5-21-15-23(31)16-27(32)30(21)33/h7-8,10,12,15-17,20,22,29,37H,6,9,11,13-14,18-19H2,1-3H3/t20-,22-,29+/m1/s1. The molecule has 1 saturated heterocycles. The molecule has 0 amide bonds. The highest BCUT2D eigenvalue weighted by Crippen LogP contribution is 2.35. The number of piperidine rings is 1. The second-order valence-corrected chi connectivity index (χ2v) is 10.1. The minimum absolute atomic E-state index is 0.0698. The first-order valence-electron chi connectivity index (χ1n) is 12.9. The number of methoxy groups -OCH3 is 1. The lowest BCUT2D eigenvalue weighted by Crippen LogP contribution is -2.42. The van der Waals surface area contributed by atoms with Crippen molar-refractivity contribution in [2.24, 2.45) is 11.8 Å². The molecule has 1 aliphatic heterocycles. The van der Waals surface area contributed by atoms with E-state index in [1.165, 1.54) is 5.56 Å². The van der Waals surface area contributed by atoms with E-state index in [0.29, 0.717) is 25.1 Å². The Balaban J connectivity index is 1.41. The zero-order chi connectivity index (χ0) is 27.2. The molecule has 1 aromatic heterocycles. The van der Waals surface area contributed by atoms with E-state index in [9.17, 15) is 18.3 Å². The van der Waals surface area contributed by atoms with E-state index in [-0.39, 0.29) is 24.1 Å². The van der Waals surface area contributed by atoms with E-state index < -0.39 is 17.5 Å². The van der Waals surface area contributed by atoms with Crippen LogP contribution in [0.15, 0.2) is 42.6 Å². The SMILES string of the molecule is COc1ccc2nccc([C@H](CC[C@@H]3CCN(CC#Cc4cc(F)cc(F)c4F)C[C@@H]3CO)N(C)C)c2c1. The summed E-state index contributed by atoms with van der Waals surface area (Å²) in [6, 6.07) is 9.59. The summed E-state index contributed by atoms with van der Waals surface area (Å²) in [6.45, 7) is 1.86. The van der Waals surface area contributed by atoms with Gasteiger partial charge in [-0.1, -0.05) is 11.8 Å². The predicted molar refractivity (Wildman–Crippen MR) is 142 cm³/mol. The summed E-state index contributed by atoms with van der Waals surface area (Å²) in [5.74, 6) is 3.38. The molecular weight excluding hydrogens is 491 g/mol. The lowest BCUT2D eigenvalue weighted by Gasteiger charge is -2.38. The van der Waals surface area contributed by atoms with Gasteiger partial charge in [-0.25, -0.2) is 13.2 Å². The molecule has 3 aromatic rings. The molecule has 1 aliphatic rings. The van der Waals surface area contributed by atoms with E-state index in [4.69, 9.17) is 4.74 Å². The maximum absolute atomic E-state index is 13.9. The van der Waals surface area contributed by atoms with Gasteiger partial charge in [0.1, 0.15) is 11.6 Å². The summed E-state index contributed by atoms with van der Waals surface area (Å²) in [6.07, 6.45) is 4.63. The van der Waals surface area contributed by atoms with E-state index in [1.807, 2.05) is 24.4 Å². The van der Waals surface area contributed by atoms with Gasteiger partial charge in [0.15, 0.2) is 11.6 Å². The number of fused-ring (bicyclic) bond motifs is 1. The first kappa shape index (κ1) is 27.9. The Labute approximate surface area is 222 Å². The number of rotatable bonds is 8. The second-order valence-electron chi connectivity index (χ2n) is 10.1.